The number of sulfonamides is 1. The predicted octanol–water partition coefficient (Wildman–Crippen LogP) is 1.07. The lowest BCUT2D eigenvalue weighted by atomic mass is 10.0. The van der Waals surface area contributed by atoms with Gasteiger partial charge in [-0.1, -0.05) is 13.8 Å². The second-order valence-corrected chi connectivity index (χ2v) is 7.22. The van der Waals surface area contributed by atoms with Gasteiger partial charge < -0.3 is 9.84 Å². The van der Waals surface area contributed by atoms with Gasteiger partial charge in [0.1, 0.15) is 12.3 Å². The molecule has 24 heavy (non-hydrogen) atoms. The fraction of sp³-hybridized carbons (Fsp3) is 0.429. The molecular weight excluding hydrogens is 340 g/mol. The normalized spacial score (nSPS) is 11.2. The minimum absolute atomic E-state index is 0.0565. The number of nitrogens with zero attached hydrogens (tertiary/aromatic N) is 1. The summed E-state index contributed by atoms with van der Waals surface area (Å²) >= 11 is 0. The Labute approximate surface area is 139 Å². The van der Waals surface area contributed by atoms with Crippen LogP contribution in [-0.4, -0.2) is 48.7 Å². The van der Waals surface area contributed by atoms with Crippen molar-refractivity contribution >= 4 is 22.0 Å². The van der Waals surface area contributed by atoms with Crippen molar-refractivity contribution in [2.24, 2.45) is 5.92 Å². The molecule has 0 saturated heterocycles. The van der Waals surface area contributed by atoms with E-state index in [-0.39, 0.29) is 15.1 Å². The summed E-state index contributed by atoms with van der Waals surface area (Å²) in [6.45, 7) is 2.64. The number of carboxylic acids is 1. The molecule has 134 valence electrons. The highest BCUT2D eigenvalue weighted by Gasteiger charge is 2.33. The van der Waals surface area contributed by atoms with E-state index < -0.39 is 28.6 Å². The molecule has 3 N–H and O–H groups in total. The summed E-state index contributed by atoms with van der Waals surface area (Å²) in [5.41, 5.74) is 1.53. The molecule has 0 aliphatic rings. The zero-order valence-electron chi connectivity index (χ0n) is 13.5. The van der Waals surface area contributed by atoms with E-state index in [0.29, 0.717) is 17.7 Å². The molecular formula is C14H20N2O7S. The molecule has 0 spiro atoms. The van der Waals surface area contributed by atoms with E-state index in [1.165, 1.54) is 25.3 Å². The number of carbonyl (C=O) groups is 2. The lowest BCUT2D eigenvalue weighted by molar-refractivity contribution is -0.136. The van der Waals surface area contributed by atoms with Crippen molar-refractivity contribution in [2.75, 3.05) is 13.7 Å². The summed E-state index contributed by atoms with van der Waals surface area (Å²) in [5, 5.41) is 17.6. The third kappa shape index (κ3) is 4.59. The summed E-state index contributed by atoms with van der Waals surface area (Å²) in [5.74, 6) is -1.01. The number of methoxy groups -OCH3 is 1. The lowest BCUT2D eigenvalue weighted by Crippen LogP contribution is -2.45. The number of hydrogen-bond donors (Lipinski definition) is 3. The number of amides is 2. The maximum Gasteiger partial charge on any atom is 0.355 e. The average Bonchev–Trinajstić information content (AvgIpc) is 2.50. The third-order valence-corrected chi connectivity index (χ3v) is 4.89. The summed E-state index contributed by atoms with van der Waals surface area (Å²) in [7, 11) is -3.05. The zero-order valence-corrected chi connectivity index (χ0v) is 14.3. The number of hydrogen-bond acceptors (Lipinski definition) is 6. The van der Waals surface area contributed by atoms with Crippen LogP contribution < -0.4 is 10.2 Å². The molecule has 0 aliphatic carbocycles. The molecule has 0 fully saturated rings. The summed E-state index contributed by atoms with van der Waals surface area (Å²) in [6.07, 6.45) is 0.368. The Balaban J connectivity index is 3.48. The molecule has 9 nitrogen and oxygen atoms in total. The quantitative estimate of drug-likeness (QED) is 0.489. The van der Waals surface area contributed by atoms with Crippen molar-refractivity contribution < 1.29 is 33.1 Å². The first-order valence-corrected chi connectivity index (χ1v) is 8.43. The third-order valence-electron chi connectivity index (χ3n) is 3.06. The smallest absolute Gasteiger partial charge is 0.355 e. The Bertz CT molecular complexity index is 716. The summed E-state index contributed by atoms with van der Waals surface area (Å²) in [4.78, 5) is 22.3. The molecule has 0 bridgehead atoms. The van der Waals surface area contributed by atoms with Gasteiger partial charge in [0, 0.05) is 0 Å². The minimum Gasteiger partial charge on any atom is -0.497 e. The molecule has 10 heteroatoms. The zero-order chi connectivity index (χ0) is 18.5. The Kier molecular flexibility index (Phi) is 6.55. The Morgan fingerprint density at radius 2 is 1.96 bits per heavy atom. The molecule has 0 unspecified atom stereocenters. The van der Waals surface area contributed by atoms with Crippen LogP contribution in [0, 0.1) is 5.92 Å². The van der Waals surface area contributed by atoms with Crippen LogP contribution in [0.2, 0.25) is 0 Å². The van der Waals surface area contributed by atoms with Gasteiger partial charge in [-0.15, -0.1) is 0 Å². The number of rotatable bonds is 7. The second kappa shape index (κ2) is 7.97. The van der Waals surface area contributed by atoms with Crippen molar-refractivity contribution in [2.45, 2.75) is 25.2 Å². The number of urea groups is 1. The van der Waals surface area contributed by atoms with E-state index in [1.54, 1.807) is 0 Å². The number of ether oxygens (including phenoxy) is 1. The van der Waals surface area contributed by atoms with E-state index in [0.717, 1.165) is 5.48 Å². The highest BCUT2D eigenvalue weighted by atomic mass is 32.2. The summed E-state index contributed by atoms with van der Waals surface area (Å²) in [6, 6.07) is 2.70. The Hall–Kier alpha value is -2.33. The highest BCUT2D eigenvalue weighted by Crippen LogP contribution is 2.27. The predicted molar refractivity (Wildman–Crippen MR) is 83.4 cm³/mol. The maximum atomic E-state index is 12.7. The fourth-order valence-electron chi connectivity index (χ4n) is 2.10. The van der Waals surface area contributed by atoms with Gasteiger partial charge in [-0.05, 0) is 36.1 Å². The topological polar surface area (TPSA) is 133 Å². The number of hydroxylamine groups is 1. The van der Waals surface area contributed by atoms with Gasteiger partial charge in [-0.3, -0.25) is 10.0 Å². The lowest BCUT2D eigenvalue weighted by Gasteiger charge is -2.22. The molecule has 0 heterocycles. The van der Waals surface area contributed by atoms with Gasteiger partial charge in [0.15, 0.2) is 0 Å². The molecule has 0 saturated carbocycles. The van der Waals surface area contributed by atoms with E-state index in [4.69, 9.17) is 15.1 Å². The van der Waals surface area contributed by atoms with E-state index in [9.17, 15) is 18.0 Å². The fourth-order valence-corrected chi connectivity index (χ4v) is 3.59. The monoisotopic (exact) mass is 360 g/mol. The molecule has 1 aromatic carbocycles. The van der Waals surface area contributed by atoms with Crippen LogP contribution >= 0.6 is 0 Å². The molecule has 0 aromatic heterocycles. The number of benzene rings is 1. The van der Waals surface area contributed by atoms with Crippen molar-refractivity contribution in [3.05, 3.63) is 23.8 Å². The van der Waals surface area contributed by atoms with Gasteiger partial charge in [0.25, 0.3) is 10.0 Å². The standard InChI is InChI=1S/C14H20N2O7S/c1-9(2)6-10-7-11(23-3)4-5-12(10)24(21,22)16(8-13(17)18)14(19)15-20/h4-5,7,9,20H,6,8H2,1-3H3,(H,15,19)(H,17,18). The van der Waals surface area contributed by atoms with Gasteiger partial charge in [0.2, 0.25) is 0 Å². The molecule has 0 radical (unpaired) electrons. The van der Waals surface area contributed by atoms with Crippen molar-refractivity contribution in [1.82, 2.24) is 9.79 Å². The molecule has 1 aromatic rings. The number of carbonyl (C=O) groups excluding carboxylic acids is 1. The SMILES string of the molecule is COc1ccc(S(=O)(=O)N(CC(=O)O)C(=O)NO)c(CC(C)C)c1. The van der Waals surface area contributed by atoms with Gasteiger partial charge in [-0.25, -0.2) is 23.0 Å². The van der Waals surface area contributed by atoms with Crippen LogP contribution in [0.15, 0.2) is 23.1 Å². The Morgan fingerprint density at radius 3 is 2.42 bits per heavy atom. The van der Waals surface area contributed by atoms with Gasteiger partial charge in [0.05, 0.1) is 12.0 Å². The van der Waals surface area contributed by atoms with Crippen molar-refractivity contribution in [3.8, 4) is 5.75 Å². The first-order chi connectivity index (χ1) is 11.1. The molecule has 0 atom stereocenters. The van der Waals surface area contributed by atoms with Crippen molar-refractivity contribution in [1.29, 1.82) is 0 Å². The molecule has 2 amide bonds. The van der Waals surface area contributed by atoms with Crippen LogP contribution in [0.3, 0.4) is 0 Å². The summed E-state index contributed by atoms with van der Waals surface area (Å²) < 4.78 is 30.6. The number of carboxylic acid groups (broad SMARTS) is 1. The Morgan fingerprint density at radius 1 is 1.33 bits per heavy atom. The first-order valence-electron chi connectivity index (χ1n) is 6.99. The highest BCUT2D eigenvalue weighted by molar-refractivity contribution is 7.89. The first kappa shape index (κ1) is 19.7. The van der Waals surface area contributed by atoms with E-state index in [1.807, 2.05) is 13.8 Å². The van der Waals surface area contributed by atoms with Crippen LogP contribution in [-0.2, 0) is 21.2 Å². The van der Waals surface area contributed by atoms with Crippen LogP contribution in [0.25, 0.3) is 0 Å². The minimum atomic E-state index is -4.48. The molecule has 1 rings (SSSR count). The van der Waals surface area contributed by atoms with Gasteiger partial charge in [-0.2, -0.15) is 0 Å². The second-order valence-electron chi connectivity index (χ2n) is 5.39. The number of nitrogens with one attached hydrogen (secondary N) is 1. The van der Waals surface area contributed by atoms with Crippen LogP contribution in [0.4, 0.5) is 4.79 Å². The number of aliphatic carboxylic acids is 1. The van der Waals surface area contributed by atoms with Crippen molar-refractivity contribution in [3.63, 3.8) is 0 Å². The van der Waals surface area contributed by atoms with Crippen LogP contribution in [0.5, 0.6) is 5.75 Å². The van der Waals surface area contributed by atoms with E-state index in [2.05, 4.69) is 0 Å². The van der Waals surface area contributed by atoms with Gasteiger partial charge >= 0.3 is 12.0 Å². The van der Waals surface area contributed by atoms with E-state index >= 15 is 0 Å². The largest absolute Gasteiger partial charge is 0.497 e. The molecule has 0 aliphatic heterocycles. The maximum absolute atomic E-state index is 12.7. The average molecular weight is 360 g/mol. The van der Waals surface area contributed by atoms with Crippen LogP contribution in [0.1, 0.15) is 19.4 Å².